The van der Waals surface area contributed by atoms with Gasteiger partial charge >= 0.3 is 0 Å². The first-order chi connectivity index (χ1) is 15.4. The molecule has 0 fully saturated rings. The number of anilines is 1. The summed E-state index contributed by atoms with van der Waals surface area (Å²) in [4.78, 5) is 13.0. The number of amides is 1. The molecule has 0 saturated carbocycles. The molecule has 0 aliphatic heterocycles. The Hall–Kier alpha value is -2.98. The lowest BCUT2D eigenvalue weighted by Gasteiger charge is -2.16. The van der Waals surface area contributed by atoms with Gasteiger partial charge in [0.1, 0.15) is 11.4 Å². The van der Waals surface area contributed by atoms with E-state index in [0.29, 0.717) is 21.6 Å². The molecular formula is C23H24F2N2O4S2. The molecule has 0 bridgehead atoms. The second kappa shape index (κ2) is 9.88. The van der Waals surface area contributed by atoms with E-state index in [2.05, 4.69) is 19.2 Å². The zero-order valence-corrected chi connectivity index (χ0v) is 20.1. The predicted octanol–water partition coefficient (Wildman–Crippen LogP) is 5.80. The highest BCUT2D eigenvalue weighted by molar-refractivity contribution is 7.92. The molecule has 10 heteroatoms. The molecule has 3 aromatic rings. The number of ether oxygens (including phenoxy) is 1. The highest BCUT2D eigenvalue weighted by Crippen LogP contribution is 2.31. The van der Waals surface area contributed by atoms with Crippen molar-refractivity contribution >= 4 is 33.0 Å². The van der Waals surface area contributed by atoms with Crippen molar-refractivity contribution in [3.8, 4) is 10.8 Å². The summed E-state index contributed by atoms with van der Waals surface area (Å²) in [6, 6.07) is 12.2. The summed E-state index contributed by atoms with van der Waals surface area (Å²) in [5, 5.41) is 3.21. The van der Waals surface area contributed by atoms with Crippen LogP contribution in [0.5, 0.6) is 10.8 Å². The molecule has 1 heterocycles. The van der Waals surface area contributed by atoms with Crippen LogP contribution in [0, 0.1) is 11.6 Å². The highest BCUT2D eigenvalue weighted by atomic mass is 32.2. The standard InChI is InChI=1S/C23H24F2N2O4S2/c1-13(2)15-6-5-7-17(10-15)31-21-9-8-20(32-21)23(28)26-14(3)16-11-18(24)22(19(25)12-16)27-33(4,29)30/h5-14,27H,1-4H3,(H,26,28)/t14-/m1/s1. The van der Waals surface area contributed by atoms with E-state index >= 15 is 0 Å². The van der Waals surface area contributed by atoms with Gasteiger partial charge in [0.05, 0.1) is 17.2 Å². The van der Waals surface area contributed by atoms with Gasteiger partial charge in [-0.3, -0.25) is 9.52 Å². The Kier molecular flexibility index (Phi) is 7.38. The third kappa shape index (κ3) is 6.52. The summed E-state index contributed by atoms with van der Waals surface area (Å²) in [6.45, 7) is 5.74. The number of hydrogen-bond acceptors (Lipinski definition) is 5. The molecule has 33 heavy (non-hydrogen) atoms. The normalized spacial score (nSPS) is 12.5. The number of hydrogen-bond donors (Lipinski definition) is 2. The molecule has 176 valence electrons. The highest BCUT2D eigenvalue weighted by Gasteiger charge is 2.19. The summed E-state index contributed by atoms with van der Waals surface area (Å²) in [7, 11) is -3.85. The molecule has 6 nitrogen and oxygen atoms in total. The number of benzene rings is 2. The average molecular weight is 495 g/mol. The monoisotopic (exact) mass is 494 g/mol. The SMILES string of the molecule is CC(C)c1cccc(Oc2ccc(C(=O)N[C@H](C)c3cc(F)c(NS(C)(=O)=O)c(F)c3)s2)c1. The van der Waals surface area contributed by atoms with Crippen LogP contribution in [0.3, 0.4) is 0 Å². The first-order valence-corrected chi connectivity index (χ1v) is 12.8. The first-order valence-electron chi connectivity index (χ1n) is 10.1. The van der Waals surface area contributed by atoms with E-state index in [0.717, 1.165) is 35.3 Å². The lowest BCUT2D eigenvalue weighted by atomic mass is 10.0. The number of carbonyl (C=O) groups excluding carboxylic acids is 1. The van der Waals surface area contributed by atoms with Crippen LogP contribution in [0.2, 0.25) is 0 Å². The average Bonchev–Trinajstić information content (AvgIpc) is 3.18. The smallest absolute Gasteiger partial charge is 0.261 e. The molecule has 0 saturated heterocycles. The third-order valence-corrected chi connectivity index (χ3v) is 6.28. The maximum Gasteiger partial charge on any atom is 0.261 e. The molecule has 2 N–H and O–H groups in total. The van der Waals surface area contributed by atoms with Crippen molar-refractivity contribution in [2.75, 3.05) is 11.0 Å². The largest absolute Gasteiger partial charge is 0.447 e. The molecule has 0 aliphatic carbocycles. The Morgan fingerprint density at radius 2 is 1.67 bits per heavy atom. The molecular weight excluding hydrogens is 470 g/mol. The van der Waals surface area contributed by atoms with E-state index < -0.39 is 39.3 Å². The number of thiophene rings is 1. The van der Waals surface area contributed by atoms with Crippen LogP contribution in [0.4, 0.5) is 14.5 Å². The first kappa shape index (κ1) is 24.7. The van der Waals surface area contributed by atoms with Gasteiger partial charge in [-0.05, 0) is 60.4 Å². The number of halogens is 2. The number of nitrogens with one attached hydrogen (secondary N) is 2. The Balaban J connectivity index is 1.69. The van der Waals surface area contributed by atoms with Crippen LogP contribution in [0.15, 0.2) is 48.5 Å². The van der Waals surface area contributed by atoms with Crippen molar-refractivity contribution in [1.29, 1.82) is 0 Å². The molecule has 0 spiro atoms. The summed E-state index contributed by atoms with van der Waals surface area (Å²) >= 11 is 1.14. The lowest BCUT2D eigenvalue weighted by Crippen LogP contribution is -2.26. The number of sulfonamides is 1. The number of rotatable bonds is 8. The topological polar surface area (TPSA) is 84.5 Å². The van der Waals surface area contributed by atoms with Crippen LogP contribution >= 0.6 is 11.3 Å². The fourth-order valence-electron chi connectivity index (χ4n) is 3.03. The summed E-state index contributed by atoms with van der Waals surface area (Å²) in [6.07, 6.45) is 0.794. The van der Waals surface area contributed by atoms with Gasteiger partial charge in [-0.25, -0.2) is 17.2 Å². The maximum absolute atomic E-state index is 14.3. The van der Waals surface area contributed by atoms with E-state index in [9.17, 15) is 22.0 Å². The van der Waals surface area contributed by atoms with E-state index in [1.54, 1.807) is 23.8 Å². The summed E-state index contributed by atoms with van der Waals surface area (Å²) in [5.41, 5.74) is 0.519. The molecule has 3 rings (SSSR count). The van der Waals surface area contributed by atoms with Crippen LogP contribution in [0.1, 0.15) is 53.5 Å². The van der Waals surface area contributed by atoms with Crippen molar-refractivity contribution in [1.82, 2.24) is 5.32 Å². The molecule has 1 amide bonds. The zero-order chi connectivity index (χ0) is 24.3. The van der Waals surface area contributed by atoms with Gasteiger partial charge in [-0.15, -0.1) is 0 Å². The Morgan fingerprint density at radius 3 is 2.27 bits per heavy atom. The third-order valence-electron chi connectivity index (χ3n) is 4.75. The van der Waals surface area contributed by atoms with Gasteiger partial charge in [0.15, 0.2) is 16.7 Å². The van der Waals surface area contributed by atoms with Gasteiger partial charge in [-0.2, -0.15) is 0 Å². The molecule has 0 radical (unpaired) electrons. The molecule has 0 aliphatic rings. The van der Waals surface area contributed by atoms with Gasteiger partial charge in [0.25, 0.3) is 5.91 Å². The number of carbonyl (C=O) groups is 1. The zero-order valence-electron chi connectivity index (χ0n) is 18.5. The molecule has 2 aromatic carbocycles. The fraction of sp³-hybridized carbons (Fsp3) is 0.261. The van der Waals surface area contributed by atoms with Crippen LogP contribution in [-0.2, 0) is 10.0 Å². The summed E-state index contributed by atoms with van der Waals surface area (Å²) < 4.78 is 58.7. The molecule has 1 aromatic heterocycles. The van der Waals surface area contributed by atoms with Crippen molar-refractivity contribution in [2.45, 2.75) is 32.7 Å². The van der Waals surface area contributed by atoms with E-state index in [1.165, 1.54) is 0 Å². The predicted molar refractivity (Wildman–Crippen MR) is 126 cm³/mol. The minimum Gasteiger partial charge on any atom is -0.447 e. The van der Waals surface area contributed by atoms with Crippen LogP contribution in [-0.4, -0.2) is 20.6 Å². The summed E-state index contributed by atoms with van der Waals surface area (Å²) in [5.74, 6) is -1.57. The molecule has 0 unspecified atom stereocenters. The van der Waals surface area contributed by atoms with Crippen LogP contribution in [0.25, 0.3) is 0 Å². The van der Waals surface area contributed by atoms with Gasteiger partial charge in [0.2, 0.25) is 10.0 Å². The Morgan fingerprint density at radius 1 is 1.00 bits per heavy atom. The molecule has 1 atom stereocenters. The quantitative estimate of drug-likeness (QED) is 0.414. The second-order valence-electron chi connectivity index (χ2n) is 7.88. The Labute approximate surface area is 195 Å². The van der Waals surface area contributed by atoms with Gasteiger partial charge < -0.3 is 10.1 Å². The minimum absolute atomic E-state index is 0.149. The Bertz CT molecular complexity index is 1250. The van der Waals surface area contributed by atoms with Gasteiger partial charge in [-0.1, -0.05) is 37.3 Å². The van der Waals surface area contributed by atoms with Crippen LogP contribution < -0.4 is 14.8 Å². The van der Waals surface area contributed by atoms with E-state index in [-0.39, 0.29) is 5.56 Å². The van der Waals surface area contributed by atoms with Crippen molar-refractivity contribution < 1.29 is 26.7 Å². The van der Waals surface area contributed by atoms with E-state index in [1.807, 2.05) is 24.3 Å². The minimum atomic E-state index is -3.85. The lowest BCUT2D eigenvalue weighted by molar-refractivity contribution is 0.0943. The fourth-order valence-corrected chi connectivity index (χ4v) is 4.37. The van der Waals surface area contributed by atoms with Crippen molar-refractivity contribution in [3.63, 3.8) is 0 Å². The maximum atomic E-state index is 14.3. The van der Waals surface area contributed by atoms with E-state index in [4.69, 9.17) is 4.74 Å². The van der Waals surface area contributed by atoms with Crippen molar-refractivity contribution in [3.05, 3.63) is 76.2 Å². The van der Waals surface area contributed by atoms with Crippen molar-refractivity contribution in [2.24, 2.45) is 0 Å². The van der Waals surface area contributed by atoms with Gasteiger partial charge in [0, 0.05) is 0 Å². The second-order valence-corrected chi connectivity index (χ2v) is 10.7.